The van der Waals surface area contributed by atoms with E-state index in [-0.39, 0.29) is 42.2 Å². The highest BCUT2D eigenvalue weighted by Gasteiger charge is 2.48. The summed E-state index contributed by atoms with van der Waals surface area (Å²) in [6.45, 7) is 10.1. The molecule has 0 bridgehead atoms. The molecule has 1 saturated heterocycles. The van der Waals surface area contributed by atoms with Crippen LogP contribution in [0.25, 0.3) is 11.1 Å². The van der Waals surface area contributed by atoms with E-state index in [9.17, 15) is 22.8 Å². The van der Waals surface area contributed by atoms with Crippen LogP contribution in [-0.4, -0.2) is 83.9 Å². The van der Waals surface area contributed by atoms with Gasteiger partial charge in [0.1, 0.15) is 5.82 Å². The number of rotatable bonds is 9. The number of nitrogens with one attached hydrogen (secondary N) is 2. The summed E-state index contributed by atoms with van der Waals surface area (Å²) in [5, 5.41) is 2.95. The Morgan fingerprint density at radius 1 is 1.10 bits per heavy atom. The van der Waals surface area contributed by atoms with Gasteiger partial charge in [0.15, 0.2) is 11.5 Å². The number of H-pyrrole nitrogens is 1. The van der Waals surface area contributed by atoms with Crippen molar-refractivity contribution in [1.29, 1.82) is 0 Å². The van der Waals surface area contributed by atoms with Gasteiger partial charge in [0.2, 0.25) is 0 Å². The Morgan fingerprint density at radius 3 is 2.38 bits per heavy atom. The van der Waals surface area contributed by atoms with E-state index in [1.807, 2.05) is 59.1 Å². The number of benzene rings is 1. The number of ether oxygens (including phenoxy) is 3. The number of hydrogen-bond donors (Lipinski definition) is 2. The number of morpholine rings is 1. The molecule has 1 aliphatic carbocycles. The van der Waals surface area contributed by atoms with Crippen LogP contribution in [0.4, 0.5) is 19.0 Å². The van der Waals surface area contributed by atoms with E-state index in [1.54, 1.807) is 12.3 Å². The highest BCUT2D eigenvalue weighted by molar-refractivity contribution is 7.98. The number of thioether (sulfide) groups is 1. The van der Waals surface area contributed by atoms with Crippen molar-refractivity contribution in [1.82, 2.24) is 20.2 Å². The third-order valence-corrected chi connectivity index (χ3v) is 11.3. The third kappa shape index (κ3) is 8.08. The Bertz CT molecular complexity index is 1840. The summed E-state index contributed by atoms with van der Waals surface area (Å²) in [6, 6.07) is 7.39. The van der Waals surface area contributed by atoms with E-state index in [2.05, 4.69) is 15.2 Å². The summed E-state index contributed by atoms with van der Waals surface area (Å²) < 4.78 is 58.6. The lowest BCUT2D eigenvalue weighted by molar-refractivity contribution is -0.153. The molecule has 3 aromatic rings. The minimum atomic E-state index is -4.26. The van der Waals surface area contributed by atoms with Crippen molar-refractivity contribution in [2.75, 3.05) is 37.8 Å². The second-order valence-electron chi connectivity index (χ2n) is 14.6. The van der Waals surface area contributed by atoms with Gasteiger partial charge in [0, 0.05) is 83.1 Å². The maximum atomic E-state index is 13.9. The number of pyridine rings is 2. The van der Waals surface area contributed by atoms with Gasteiger partial charge in [-0.3, -0.25) is 14.5 Å². The molecule has 6 rings (SSSR count). The molecule has 0 unspecified atom stereocenters. The van der Waals surface area contributed by atoms with Crippen LogP contribution in [-0.2, 0) is 11.3 Å². The predicted octanol–water partition coefficient (Wildman–Crippen LogP) is 6.86. The quantitative estimate of drug-likeness (QED) is 0.227. The third-order valence-electron chi connectivity index (χ3n) is 10.5. The Morgan fingerprint density at radius 2 is 1.77 bits per heavy atom. The Kier molecular flexibility index (Phi) is 10.9. The number of aromatic nitrogens is 2. The molecule has 282 valence electrons. The number of amides is 1. The van der Waals surface area contributed by atoms with Gasteiger partial charge in [-0.2, -0.15) is 13.2 Å². The average molecular weight is 744 g/mol. The second kappa shape index (κ2) is 14.9. The number of carbonyl (C=O) groups excluding carboxylic acids is 1. The number of aromatic amines is 1. The van der Waals surface area contributed by atoms with Crippen LogP contribution < -0.4 is 25.2 Å². The fraction of sp³-hybridized carbons (Fsp3) is 0.553. The van der Waals surface area contributed by atoms with Gasteiger partial charge in [-0.1, -0.05) is 0 Å². The molecule has 2 N–H and O–H groups in total. The van der Waals surface area contributed by atoms with Crippen LogP contribution >= 0.6 is 11.8 Å². The van der Waals surface area contributed by atoms with Gasteiger partial charge in [0.05, 0.1) is 18.8 Å². The molecule has 3 aliphatic rings. The van der Waals surface area contributed by atoms with E-state index in [0.29, 0.717) is 72.5 Å². The van der Waals surface area contributed by atoms with Gasteiger partial charge in [-0.15, -0.1) is 11.8 Å². The average Bonchev–Trinajstić information content (AvgIpc) is 3.45. The molecule has 1 aromatic carbocycles. The lowest BCUT2D eigenvalue weighted by atomic mass is 9.81. The molecule has 2 aromatic heterocycles. The highest BCUT2D eigenvalue weighted by Crippen LogP contribution is 2.53. The van der Waals surface area contributed by atoms with E-state index < -0.39 is 18.5 Å². The topological polar surface area (TPSA) is 109 Å². The summed E-state index contributed by atoms with van der Waals surface area (Å²) in [4.78, 5) is 38.7. The predicted molar refractivity (Wildman–Crippen MR) is 195 cm³/mol. The standard InChI is InChI=1S/C38H48F3N5O5S/c1-21-14-31(52-7)30(36(48)44-21)17-43-35(47)28-15-29(25-8-13-32(42-16-25)46-18-22(2)49-23(3)19-46)34-33(24(28)4)50-37(5,51-34)26-9-11-27(12-10-26)45(6)20-38(39,40)41/h8,13-16,22-23,26-27H,9-12,17-20H2,1-7H3,(H,43,47)(H,44,48)/t22-,23+,26?,27?,37-/m0/s1. The first-order chi connectivity index (χ1) is 24.5. The van der Waals surface area contributed by atoms with E-state index >= 15 is 0 Å². The Labute approximate surface area is 306 Å². The SMILES string of the molecule is CSc1cc(C)[nH]c(=O)c1CNC(=O)c1cc(-c2ccc(N3C[C@@H](C)O[C@@H](C)C3)nc2)c2c(c1C)O[C@](C)(C1CCC(N(C)CC(F)(F)F)CC1)O2. The van der Waals surface area contributed by atoms with Crippen molar-refractivity contribution in [3.63, 3.8) is 0 Å². The molecule has 10 nitrogen and oxygen atoms in total. The maximum absolute atomic E-state index is 13.9. The molecule has 1 amide bonds. The van der Waals surface area contributed by atoms with Gasteiger partial charge in [-0.05, 0) is 90.9 Å². The lowest BCUT2D eigenvalue weighted by Gasteiger charge is -2.40. The van der Waals surface area contributed by atoms with Crippen molar-refractivity contribution >= 4 is 23.5 Å². The number of fused-ring (bicyclic) bond motifs is 1. The van der Waals surface area contributed by atoms with E-state index in [1.165, 1.54) is 23.7 Å². The zero-order valence-electron chi connectivity index (χ0n) is 30.8. The number of anilines is 1. The van der Waals surface area contributed by atoms with Gasteiger partial charge < -0.3 is 29.4 Å². The van der Waals surface area contributed by atoms with Crippen LogP contribution in [0.5, 0.6) is 11.5 Å². The van der Waals surface area contributed by atoms with Crippen LogP contribution in [0.3, 0.4) is 0 Å². The van der Waals surface area contributed by atoms with Crippen molar-refractivity contribution < 1.29 is 32.2 Å². The highest BCUT2D eigenvalue weighted by atomic mass is 32.2. The van der Waals surface area contributed by atoms with Gasteiger partial charge >= 0.3 is 6.18 Å². The molecule has 0 radical (unpaired) electrons. The molecule has 2 fully saturated rings. The first kappa shape index (κ1) is 38.0. The summed E-state index contributed by atoms with van der Waals surface area (Å²) in [5.74, 6) is 0.189. The number of halogens is 3. The summed E-state index contributed by atoms with van der Waals surface area (Å²) in [6.07, 6.45) is 1.93. The fourth-order valence-corrected chi connectivity index (χ4v) is 8.56. The van der Waals surface area contributed by atoms with Crippen molar-refractivity contribution in [3.8, 4) is 22.6 Å². The van der Waals surface area contributed by atoms with Crippen LogP contribution in [0.1, 0.15) is 73.6 Å². The number of hydrogen-bond acceptors (Lipinski definition) is 9. The molecule has 52 heavy (non-hydrogen) atoms. The second-order valence-corrected chi connectivity index (χ2v) is 15.4. The molecule has 3 atom stereocenters. The van der Waals surface area contributed by atoms with Gasteiger partial charge in [-0.25, -0.2) is 4.98 Å². The molecule has 14 heteroatoms. The molecule has 4 heterocycles. The van der Waals surface area contributed by atoms with Crippen LogP contribution in [0, 0.1) is 19.8 Å². The fourth-order valence-electron chi connectivity index (χ4n) is 7.85. The largest absolute Gasteiger partial charge is 0.448 e. The molecule has 2 aliphatic heterocycles. The van der Waals surface area contributed by atoms with E-state index in [0.717, 1.165) is 22.0 Å². The monoisotopic (exact) mass is 743 g/mol. The zero-order valence-corrected chi connectivity index (χ0v) is 31.6. The Balaban J connectivity index is 1.30. The van der Waals surface area contributed by atoms with Crippen LogP contribution in [0.2, 0.25) is 0 Å². The first-order valence-corrected chi connectivity index (χ1v) is 19.0. The number of carbonyl (C=O) groups is 1. The molecule has 0 spiro atoms. The minimum absolute atomic E-state index is 0.0320. The summed E-state index contributed by atoms with van der Waals surface area (Å²) in [5.41, 5.74) is 3.28. The summed E-state index contributed by atoms with van der Waals surface area (Å²) >= 11 is 1.44. The lowest BCUT2D eigenvalue weighted by Crippen LogP contribution is -2.48. The minimum Gasteiger partial charge on any atom is -0.448 e. The number of nitrogens with zero attached hydrogens (tertiary/aromatic N) is 3. The summed E-state index contributed by atoms with van der Waals surface area (Å²) in [7, 11) is 1.53. The smallest absolute Gasteiger partial charge is 0.401 e. The molecular formula is C38H48F3N5O5S. The number of aryl methyl sites for hydroxylation is 1. The number of alkyl halides is 3. The molecular weight excluding hydrogens is 696 g/mol. The Hall–Kier alpha value is -3.75. The van der Waals surface area contributed by atoms with Crippen molar-refractivity contribution in [3.05, 3.63) is 63.2 Å². The van der Waals surface area contributed by atoms with E-state index in [4.69, 9.17) is 19.2 Å². The van der Waals surface area contributed by atoms with Gasteiger partial charge in [0.25, 0.3) is 17.3 Å². The normalized spacial score (nSPS) is 24.7. The van der Waals surface area contributed by atoms with Crippen LogP contribution in [0.15, 0.2) is 40.2 Å². The van der Waals surface area contributed by atoms with Crippen molar-refractivity contribution in [2.24, 2.45) is 5.92 Å². The maximum Gasteiger partial charge on any atom is 0.401 e. The first-order valence-electron chi connectivity index (χ1n) is 17.8. The molecule has 1 saturated carbocycles. The zero-order chi connectivity index (χ0) is 37.5. The van der Waals surface area contributed by atoms with Crippen molar-refractivity contribution in [2.45, 2.75) is 102 Å².